The summed E-state index contributed by atoms with van der Waals surface area (Å²) in [5.41, 5.74) is 5.36. The van der Waals surface area contributed by atoms with Crippen LogP contribution in [0, 0.1) is 0 Å². The van der Waals surface area contributed by atoms with Gasteiger partial charge in [-0.2, -0.15) is 0 Å². The second-order valence-electron chi connectivity index (χ2n) is 1.86. The Labute approximate surface area is 62.9 Å². The van der Waals surface area contributed by atoms with Crippen LogP contribution < -0.4 is 5.73 Å². The molecule has 52 valence electrons. The lowest BCUT2D eigenvalue weighted by Crippen LogP contribution is -2.02. The zero-order valence-electron chi connectivity index (χ0n) is 5.05. The Bertz CT molecular complexity index is 153. The molecule has 2 N–H and O–H groups in total. The summed E-state index contributed by atoms with van der Waals surface area (Å²) in [7, 11) is -0.0841. The molecule has 9 heavy (non-hydrogen) atoms. The Balaban J connectivity index is 2.40. The number of rotatable bonds is 2. The average Bonchev–Trinajstić information content (AvgIpc) is 2.17. The van der Waals surface area contributed by atoms with Crippen molar-refractivity contribution in [3.63, 3.8) is 0 Å². The quantitative estimate of drug-likeness (QED) is 0.594. The summed E-state index contributed by atoms with van der Waals surface area (Å²) in [6.45, 7) is 0.761. The first-order valence-corrected chi connectivity index (χ1v) is 4.88. The minimum absolute atomic E-state index is 0.0841. The van der Waals surface area contributed by atoms with E-state index in [2.05, 4.69) is 10.8 Å². The van der Waals surface area contributed by atoms with Crippen LogP contribution in [-0.2, 0) is 0 Å². The maximum Gasteiger partial charge on any atom is 0.0459 e. The largest absolute Gasteiger partial charge is 0.330 e. The molecule has 1 aliphatic heterocycles. The third-order valence-electron chi connectivity index (χ3n) is 1.10. The molecule has 0 aromatic heterocycles. The van der Waals surface area contributed by atoms with E-state index >= 15 is 0 Å². The highest BCUT2D eigenvalue weighted by atomic mass is 35.5. The molecule has 0 radical (unpaired) electrons. The third kappa shape index (κ3) is 2.05. The molecule has 0 saturated heterocycles. The Morgan fingerprint density at radius 3 is 2.89 bits per heavy atom. The molecule has 0 bridgehead atoms. The standard InChI is InChI=1S/C6H10ClNS/c7-6-1-3-9(5-6)4-2-8/h1,3,5,9H,2,4,8H2. The van der Waals surface area contributed by atoms with Crippen molar-refractivity contribution < 1.29 is 0 Å². The number of thiol groups is 1. The van der Waals surface area contributed by atoms with Gasteiger partial charge in [-0.1, -0.05) is 11.6 Å². The molecule has 1 rings (SSSR count). The number of nitrogens with two attached hydrogens (primary N) is 1. The molecule has 0 aliphatic carbocycles. The summed E-state index contributed by atoms with van der Waals surface area (Å²) >= 11 is 5.69. The minimum atomic E-state index is -0.0841. The number of halogens is 1. The summed E-state index contributed by atoms with van der Waals surface area (Å²) in [5, 5.41) is 5.10. The molecule has 1 atom stereocenters. The first-order valence-electron chi connectivity index (χ1n) is 2.84. The van der Waals surface area contributed by atoms with E-state index in [0.717, 1.165) is 17.3 Å². The van der Waals surface area contributed by atoms with Gasteiger partial charge in [-0.25, -0.2) is 10.9 Å². The van der Waals surface area contributed by atoms with E-state index < -0.39 is 0 Å². The fraction of sp³-hybridized carbons (Fsp3) is 0.333. The van der Waals surface area contributed by atoms with Crippen molar-refractivity contribution in [1.29, 1.82) is 0 Å². The molecule has 1 aliphatic rings. The van der Waals surface area contributed by atoms with Crippen molar-refractivity contribution >= 4 is 22.5 Å². The molecule has 0 spiro atoms. The second-order valence-corrected chi connectivity index (χ2v) is 4.32. The maximum absolute atomic E-state index is 5.69. The van der Waals surface area contributed by atoms with Gasteiger partial charge in [-0.15, -0.1) is 0 Å². The molecule has 0 aromatic carbocycles. The van der Waals surface area contributed by atoms with Crippen molar-refractivity contribution in [2.45, 2.75) is 0 Å². The molecular formula is C6H10ClNS. The van der Waals surface area contributed by atoms with Crippen LogP contribution in [0.2, 0.25) is 0 Å². The van der Waals surface area contributed by atoms with Gasteiger partial charge >= 0.3 is 0 Å². The van der Waals surface area contributed by atoms with Gasteiger partial charge in [-0.05, 0) is 22.6 Å². The second kappa shape index (κ2) is 3.30. The van der Waals surface area contributed by atoms with E-state index in [1.54, 1.807) is 0 Å². The van der Waals surface area contributed by atoms with Crippen LogP contribution in [0.5, 0.6) is 0 Å². The van der Waals surface area contributed by atoms with Gasteiger partial charge < -0.3 is 5.73 Å². The SMILES string of the molecule is NCC[SH]1C=CC(Cl)=C1. The van der Waals surface area contributed by atoms with Crippen LogP contribution in [0.15, 0.2) is 21.9 Å². The van der Waals surface area contributed by atoms with Crippen molar-refractivity contribution in [3.05, 3.63) is 21.9 Å². The lowest BCUT2D eigenvalue weighted by Gasteiger charge is -2.04. The van der Waals surface area contributed by atoms with Crippen molar-refractivity contribution in [1.82, 2.24) is 0 Å². The van der Waals surface area contributed by atoms with Gasteiger partial charge in [-0.3, -0.25) is 0 Å². The molecule has 0 amide bonds. The molecule has 1 heterocycles. The zero-order valence-corrected chi connectivity index (χ0v) is 6.70. The number of hydrogen-bond donors (Lipinski definition) is 2. The summed E-state index contributed by atoms with van der Waals surface area (Å²) in [5.74, 6) is 1.07. The maximum atomic E-state index is 5.69. The van der Waals surface area contributed by atoms with Crippen LogP contribution in [0.25, 0.3) is 0 Å². The lowest BCUT2D eigenvalue weighted by atomic mass is 10.6. The number of allylic oxidation sites excluding steroid dienone is 2. The molecule has 0 saturated carbocycles. The molecule has 0 aromatic rings. The third-order valence-corrected chi connectivity index (χ3v) is 3.41. The zero-order chi connectivity index (χ0) is 6.69. The fourth-order valence-electron chi connectivity index (χ4n) is 0.700. The van der Waals surface area contributed by atoms with Crippen LogP contribution in [0.1, 0.15) is 0 Å². The van der Waals surface area contributed by atoms with Crippen LogP contribution in [0.3, 0.4) is 0 Å². The Hall–Kier alpha value is 0.0800. The Morgan fingerprint density at radius 1 is 1.67 bits per heavy atom. The Morgan fingerprint density at radius 2 is 2.44 bits per heavy atom. The van der Waals surface area contributed by atoms with Crippen LogP contribution in [0.4, 0.5) is 0 Å². The fourth-order valence-corrected chi connectivity index (χ4v) is 2.64. The van der Waals surface area contributed by atoms with E-state index in [1.165, 1.54) is 0 Å². The summed E-state index contributed by atoms with van der Waals surface area (Å²) < 4.78 is 0. The lowest BCUT2D eigenvalue weighted by molar-refractivity contribution is 1.15. The monoisotopic (exact) mass is 163 g/mol. The summed E-state index contributed by atoms with van der Waals surface area (Å²) in [6, 6.07) is 0. The van der Waals surface area contributed by atoms with Gasteiger partial charge in [0.15, 0.2) is 0 Å². The Kier molecular flexibility index (Phi) is 2.64. The van der Waals surface area contributed by atoms with Gasteiger partial charge in [0.25, 0.3) is 0 Å². The van der Waals surface area contributed by atoms with E-state index in [1.807, 2.05) is 6.08 Å². The van der Waals surface area contributed by atoms with E-state index in [0.29, 0.717) is 0 Å². The molecular weight excluding hydrogens is 154 g/mol. The van der Waals surface area contributed by atoms with Gasteiger partial charge in [0.05, 0.1) is 0 Å². The first kappa shape index (κ1) is 7.19. The van der Waals surface area contributed by atoms with E-state index in [-0.39, 0.29) is 10.9 Å². The van der Waals surface area contributed by atoms with Crippen molar-refractivity contribution in [2.24, 2.45) is 5.73 Å². The predicted molar refractivity (Wildman–Crippen MR) is 46.0 cm³/mol. The highest BCUT2D eigenvalue weighted by Crippen LogP contribution is 2.36. The van der Waals surface area contributed by atoms with E-state index in [4.69, 9.17) is 17.3 Å². The summed E-state index contributed by atoms with van der Waals surface area (Å²) in [6.07, 6.45) is 1.95. The van der Waals surface area contributed by atoms with Gasteiger partial charge in [0.1, 0.15) is 0 Å². The number of hydrogen-bond acceptors (Lipinski definition) is 1. The van der Waals surface area contributed by atoms with Gasteiger partial charge in [0.2, 0.25) is 0 Å². The van der Waals surface area contributed by atoms with Crippen molar-refractivity contribution in [3.8, 4) is 0 Å². The predicted octanol–water partition coefficient (Wildman–Crippen LogP) is 1.55. The van der Waals surface area contributed by atoms with Crippen LogP contribution in [-0.4, -0.2) is 12.3 Å². The van der Waals surface area contributed by atoms with Crippen LogP contribution >= 0.6 is 22.5 Å². The normalized spacial score (nSPS) is 28.7. The highest BCUT2D eigenvalue weighted by Gasteiger charge is 2.01. The average molecular weight is 164 g/mol. The molecule has 1 unspecified atom stereocenters. The molecule has 3 heteroatoms. The minimum Gasteiger partial charge on any atom is -0.330 e. The topological polar surface area (TPSA) is 26.0 Å². The molecule has 0 fully saturated rings. The highest BCUT2D eigenvalue weighted by molar-refractivity contribution is 8.22. The molecule has 1 nitrogen and oxygen atoms in total. The first-order chi connectivity index (χ1) is 4.33. The van der Waals surface area contributed by atoms with Crippen molar-refractivity contribution in [2.75, 3.05) is 12.3 Å². The van der Waals surface area contributed by atoms with Gasteiger partial charge in [0, 0.05) is 11.6 Å². The van der Waals surface area contributed by atoms with E-state index in [9.17, 15) is 0 Å². The summed E-state index contributed by atoms with van der Waals surface area (Å²) in [4.78, 5) is 0. The smallest absolute Gasteiger partial charge is 0.0459 e.